The lowest BCUT2D eigenvalue weighted by molar-refractivity contribution is -0.132. The molecular weight excluding hydrogens is 458 g/mol. The second kappa shape index (κ2) is 10.2. The van der Waals surface area contributed by atoms with Crippen LogP contribution in [0.25, 0.3) is 5.76 Å². The molecule has 0 saturated carbocycles. The molecule has 1 fully saturated rings. The highest BCUT2D eigenvalue weighted by Crippen LogP contribution is 2.44. The molecule has 36 heavy (non-hydrogen) atoms. The minimum Gasteiger partial charge on any atom is -0.507 e. The van der Waals surface area contributed by atoms with Crippen LogP contribution in [0, 0.1) is 13.8 Å². The summed E-state index contributed by atoms with van der Waals surface area (Å²) in [5.74, 6) is -0.0799. The van der Waals surface area contributed by atoms with Gasteiger partial charge < -0.3 is 19.3 Å². The molecule has 1 atom stereocenters. The van der Waals surface area contributed by atoms with Gasteiger partial charge in [-0.25, -0.2) is 0 Å². The van der Waals surface area contributed by atoms with E-state index in [9.17, 15) is 14.7 Å². The predicted molar refractivity (Wildman–Crippen MR) is 138 cm³/mol. The first-order valence-electron chi connectivity index (χ1n) is 11.6. The Morgan fingerprint density at radius 3 is 2.28 bits per heavy atom. The Bertz CT molecular complexity index is 1360. The molecule has 3 aromatic rings. The van der Waals surface area contributed by atoms with Crippen molar-refractivity contribution in [3.8, 4) is 17.2 Å². The van der Waals surface area contributed by atoms with Crippen molar-refractivity contribution < 1.29 is 28.9 Å². The molecule has 0 aliphatic carbocycles. The van der Waals surface area contributed by atoms with Crippen molar-refractivity contribution in [3.63, 3.8) is 0 Å². The number of nitrogens with zero attached hydrogens (tertiary/aromatic N) is 1. The molecule has 7 heteroatoms. The normalized spacial score (nSPS) is 16.8. The standard InChI is InChI=1S/C29H29NO6/c1-6-36-23-13-10-19(16-24(23)35-5)26-25(27(31)20-11-12-22(34-4)18(3)15-20)28(32)29(33)30(26)21-9-7-8-17(2)14-21/h7-16,26,31H,6H2,1-5H3/b27-25-. The van der Waals surface area contributed by atoms with Gasteiger partial charge in [-0.3, -0.25) is 14.5 Å². The molecule has 1 aliphatic heterocycles. The van der Waals surface area contributed by atoms with Gasteiger partial charge in [0.05, 0.1) is 32.4 Å². The molecule has 1 aliphatic rings. The first-order valence-corrected chi connectivity index (χ1v) is 11.6. The Morgan fingerprint density at radius 2 is 1.64 bits per heavy atom. The molecule has 0 spiro atoms. The van der Waals surface area contributed by atoms with Gasteiger partial charge in [0.1, 0.15) is 11.5 Å². The van der Waals surface area contributed by atoms with Crippen LogP contribution in [0.3, 0.4) is 0 Å². The quantitative estimate of drug-likeness (QED) is 0.275. The van der Waals surface area contributed by atoms with E-state index in [1.54, 1.807) is 49.6 Å². The maximum atomic E-state index is 13.4. The summed E-state index contributed by atoms with van der Waals surface area (Å²) in [6.07, 6.45) is 0. The molecule has 1 heterocycles. The van der Waals surface area contributed by atoms with E-state index in [4.69, 9.17) is 14.2 Å². The number of rotatable bonds is 7. The van der Waals surface area contributed by atoms with E-state index in [-0.39, 0.29) is 11.3 Å². The van der Waals surface area contributed by atoms with Crippen molar-refractivity contribution in [2.24, 2.45) is 0 Å². The Labute approximate surface area is 210 Å². The summed E-state index contributed by atoms with van der Waals surface area (Å²) >= 11 is 0. The van der Waals surface area contributed by atoms with Crippen LogP contribution in [-0.2, 0) is 9.59 Å². The fourth-order valence-corrected chi connectivity index (χ4v) is 4.50. The number of Topliss-reactive ketones (excluding diaryl/α,β-unsaturated/α-hetero) is 1. The van der Waals surface area contributed by atoms with Gasteiger partial charge in [0.15, 0.2) is 11.5 Å². The summed E-state index contributed by atoms with van der Waals surface area (Å²) in [6, 6.07) is 16.8. The Kier molecular flexibility index (Phi) is 7.01. The number of methoxy groups -OCH3 is 2. The summed E-state index contributed by atoms with van der Waals surface area (Å²) < 4.78 is 16.5. The molecule has 1 unspecified atom stereocenters. The highest BCUT2D eigenvalue weighted by atomic mass is 16.5. The number of hydrogen-bond donors (Lipinski definition) is 1. The van der Waals surface area contributed by atoms with E-state index in [0.29, 0.717) is 40.7 Å². The highest BCUT2D eigenvalue weighted by molar-refractivity contribution is 6.51. The lowest BCUT2D eigenvalue weighted by Gasteiger charge is -2.26. The molecule has 1 saturated heterocycles. The minimum atomic E-state index is -0.876. The SMILES string of the molecule is CCOc1ccc(C2/C(=C(/O)c3ccc(OC)c(C)c3)C(=O)C(=O)N2c2cccc(C)c2)cc1OC. The van der Waals surface area contributed by atoms with Crippen molar-refractivity contribution in [2.75, 3.05) is 25.7 Å². The minimum absolute atomic E-state index is 0.00251. The van der Waals surface area contributed by atoms with E-state index in [1.165, 1.54) is 12.0 Å². The van der Waals surface area contributed by atoms with E-state index in [0.717, 1.165) is 11.1 Å². The maximum absolute atomic E-state index is 13.4. The van der Waals surface area contributed by atoms with E-state index in [1.807, 2.05) is 39.0 Å². The fraction of sp³-hybridized carbons (Fsp3) is 0.241. The van der Waals surface area contributed by atoms with Gasteiger partial charge in [0.2, 0.25) is 0 Å². The number of ketones is 1. The maximum Gasteiger partial charge on any atom is 0.300 e. The van der Waals surface area contributed by atoms with E-state index >= 15 is 0 Å². The molecule has 186 valence electrons. The van der Waals surface area contributed by atoms with Crippen molar-refractivity contribution in [2.45, 2.75) is 26.8 Å². The monoisotopic (exact) mass is 487 g/mol. The van der Waals surface area contributed by atoms with Crippen LogP contribution < -0.4 is 19.1 Å². The molecule has 3 aromatic carbocycles. The van der Waals surface area contributed by atoms with Crippen LogP contribution in [0.1, 0.15) is 35.2 Å². The van der Waals surface area contributed by atoms with Crippen LogP contribution in [-0.4, -0.2) is 37.6 Å². The van der Waals surface area contributed by atoms with Gasteiger partial charge in [-0.2, -0.15) is 0 Å². The van der Waals surface area contributed by atoms with Gasteiger partial charge >= 0.3 is 0 Å². The molecule has 0 aromatic heterocycles. The first-order chi connectivity index (χ1) is 17.3. The number of carbonyl (C=O) groups excluding carboxylic acids is 2. The van der Waals surface area contributed by atoms with Crippen LogP contribution in [0.15, 0.2) is 66.2 Å². The van der Waals surface area contributed by atoms with E-state index < -0.39 is 17.7 Å². The molecule has 4 rings (SSSR count). The average molecular weight is 488 g/mol. The molecule has 0 bridgehead atoms. The number of hydrogen-bond acceptors (Lipinski definition) is 6. The summed E-state index contributed by atoms with van der Waals surface area (Å²) in [4.78, 5) is 28.2. The molecule has 0 radical (unpaired) electrons. The van der Waals surface area contributed by atoms with Crippen molar-refractivity contribution in [3.05, 3.63) is 88.5 Å². The van der Waals surface area contributed by atoms with Crippen molar-refractivity contribution in [1.29, 1.82) is 0 Å². The highest BCUT2D eigenvalue weighted by Gasteiger charge is 2.47. The van der Waals surface area contributed by atoms with Gasteiger partial charge in [0.25, 0.3) is 11.7 Å². The number of aliphatic hydroxyl groups is 1. The zero-order chi connectivity index (χ0) is 26.0. The smallest absolute Gasteiger partial charge is 0.300 e. The Hall–Kier alpha value is -4.26. The average Bonchev–Trinajstić information content (AvgIpc) is 3.14. The number of ether oxygens (including phenoxy) is 3. The van der Waals surface area contributed by atoms with Crippen LogP contribution in [0.4, 0.5) is 5.69 Å². The third-order valence-electron chi connectivity index (χ3n) is 6.20. The summed E-state index contributed by atoms with van der Waals surface area (Å²) in [6.45, 7) is 6.08. The van der Waals surface area contributed by atoms with Gasteiger partial charge in [-0.05, 0) is 79.9 Å². The third-order valence-corrected chi connectivity index (χ3v) is 6.20. The van der Waals surface area contributed by atoms with Gasteiger partial charge in [0, 0.05) is 11.3 Å². The van der Waals surface area contributed by atoms with Crippen molar-refractivity contribution >= 4 is 23.1 Å². The zero-order valence-electron chi connectivity index (χ0n) is 21.0. The molecule has 1 amide bonds. The van der Waals surface area contributed by atoms with Gasteiger partial charge in [-0.1, -0.05) is 18.2 Å². The summed E-state index contributed by atoms with van der Waals surface area (Å²) in [5, 5.41) is 11.4. The second-order valence-corrected chi connectivity index (χ2v) is 8.54. The predicted octanol–water partition coefficient (Wildman–Crippen LogP) is 5.35. The number of anilines is 1. The lowest BCUT2D eigenvalue weighted by atomic mass is 9.94. The molecule has 7 nitrogen and oxygen atoms in total. The zero-order valence-corrected chi connectivity index (χ0v) is 21.0. The fourth-order valence-electron chi connectivity index (χ4n) is 4.50. The topological polar surface area (TPSA) is 85.3 Å². The van der Waals surface area contributed by atoms with Crippen LogP contribution in [0.2, 0.25) is 0 Å². The molecule has 1 N–H and O–H groups in total. The summed E-state index contributed by atoms with van der Waals surface area (Å²) in [5.41, 5.74) is 3.29. The number of carbonyl (C=O) groups is 2. The Balaban J connectivity index is 1.96. The first kappa shape index (κ1) is 24.9. The number of aliphatic hydroxyl groups excluding tert-OH is 1. The molecular formula is C29H29NO6. The van der Waals surface area contributed by atoms with Crippen molar-refractivity contribution in [1.82, 2.24) is 0 Å². The van der Waals surface area contributed by atoms with Crippen LogP contribution in [0.5, 0.6) is 17.2 Å². The third kappa shape index (κ3) is 4.40. The Morgan fingerprint density at radius 1 is 0.917 bits per heavy atom. The number of benzene rings is 3. The van der Waals surface area contributed by atoms with Gasteiger partial charge in [-0.15, -0.1) is 0 Å². The lowest BCUT2D eigenvalue weighted by Crippen LogP contribution is -2.29. The van der Waals surface area contributed by atoms with E-state index in [2.05, 4.69) is 0 Å². The summed E-state index contributed by atoms with van der Waals surface area (Å²) in [7, 11) is 3.09. The number of aryl methyl sites for hydroxylation is 2. The number of amides is 1. The van der Waals surface area contributed by atoms with Crippen LogP contribution >= 0.6 is 0 Å². The largest absolute Gasteiger partial charge is 0.507 e. The second-order valence-electron chi connectivity index (χ2n) is 8.54.